The van der Waals surface area contributed by atoms with Crippen LogP contribution in [0.1, 0.15) is 6.92 Å². The number of carbonyl (C=O) groups excluding carboxylic acids is 2. The number of ether oxygens (including phenoxy) is 1. The van der Waals surface area contributed by atoms with Gasteiger partial charge in [0.1, 0.15) is 6.54 Å². The van der Waals surface area contributed by atoms with Gasteiger partial charge in [-0.2, -0.15) is 4.31 Å². The predicted octanol–water partition coefficient (Wildman–Crippen LogP) is 3.07. The number of morpholine rings is 1. The molecule has 1 atom stereocenters. The Bertz CT molecular complexity index is 1170. The highest BCUT2D eigenvalue weighted by Crippen LogP contribution is 2.38. The fourth-order valence-electron chi connectivity index (χ4n) is 3.66. The summed E-state index contributed by atoms with van der Waals surface area (Å²) in [6, 6.07) is 11.6. The number of carbonyl (C=O) groups is 2. The quantitative estimate of drug-likeness (QED) is 0.665. The normalized spacial score (nSPS) is 19.6. The van der Waals surface area contributed by atoms with E-state index in [1.165, 1.54) is 27.0 Å². The van der Waals surface area contributed by atoms with Crippen LogP contribution in [-0.2, 0) is 24.3 Å². The Morgan fingerprint density at radius 1 is 1.21 bits per heavy atom. The molecular weight excluding hydrogens is 486 g/mol. The van der Waals surface area contributed by atoms with Crippen molar-refractivity contribution in [2.45, 2.75) is 16.7 Å². The van der Waals surface area contributed by atoms with E-state index < -0.39 is 15.9 Å². The number of sulfonamides is 1. The summed E-state index contributed by atoms with van der Waals surface area (Å²) in [7, 11) is -3.76. The molecule has 0 bridgehead atoms. The second kappa shape index (κ2) is 10.0. The molecule has 2 amide bonds. The molecule has 33 heavy (non-hydrogen) atoms. The average molecular weight is 510 g/mol. The van der Waals surface area contributed by atoms with Crippen LogP contribution in [0.5, 0.6) is 0 Å². The Morgan fingerprint density at radius 3 is 2.67 bits per heavy atom. The molecule has 1 fully saturated rings. The van der Waals surface area contributed by atoms with E-state index in [0.717, 1.165) is 4.90 Å². The second-order valence-electron chi connectivity index (χ2n) is 7.81. The molecule has 0 aliphatic carbocycles. The smallest absolute Gasteiger partial charge is 0.244 e. The van der Waals surface area contributed by atoms with Crippen molar-refractivity contribution in [3.05, 3.63) is 47.5 Å². The average Bonchev–Trinajstić information content (AvgIpc) is 2.93. The Hall–Kier alpha value is -2.11. The number of benzene rings is 2. The largest absolute Gasteiger partial charge is 0.379 e. The molecule has 1 N–H and O–H groups in total. The van der Waals surface area contributed by atoms with E-state index in [-0.39, 0.29) is 36.4 Å². The monoisotopic (exact) mass is 509 g/mol. The first-order chi connectivity index (χ1) is 15.8. The van der Waals surface area contributed by atoms with Gasteiger partial charge in [-0.25, -0.2) is 8.42 Å². The summed E-state index contributed by atoms with van der Waals surface area (Å²) < 4.78 is 33.0. The second-order valence-corrected chi connectivity index (χ2v) is 11.2. The van der Waals surface area contributed by atoms with Gasteiger partial charge in [-0.05, 0) is 30.3 Å². The zero-order valence-electron chi connectivity index (χ0n) is 18.0. The first-order valence-corrected chi connectivity index (χ1v) is 13.3. The number of amides is 2. The molecule has 2 aliphatic heterocycles. The van der Waals surface area contributed by atoms with Crippen LogP contribution >= 0.6 is 23.4 Å². The Morgan fingerprint density at radius 2 is 1.94 bits per heavy atom. The zero-order chi connectivity index (χ0) is 23.6. The highest BCUT2D eigenvalue weighted by molar-refractivity contribution is 7.99. The van der Waals surface area contributed by atoms with Crippen LogP contribution in [0.3, 0.4) is 0 Å². The van der Waals surface area contributed by atoms with E-state index in [2.05, 4.69) is 5.32 Å². The molecule has 0 radical (unpaired) electrons. The summed E-state index contributed by atoms with van der Waals surface area (Å²) in [5.41, 5.74) is 0.857. The maximum absolute atomic E-state index is 13.2. The summed E-state index contributed by atoms with van der Waals surface area (Å²) in [4.78, 5) is 28.2. The molecule has 2 aliphatic rings. The summed E-state index contributed by atoms with van der Waals surface area (Å²) in [6.07, 6.45) is 0. The third-order valence-corrected chi connectivity index (χ3v) is 9.00. The van der Waals surface area contributed by atoms with Gasteiger partial charge in [0.2, 0.25) is 21.8 Å². The van der Waals surface area contributed by atoms with Crippen LogP contribution in [0.25, 0.3) is 0 Å². The van der Waals surface area contributed by atoms with Gasteiger partial charge < -0.3 is 15.0 Å². The molecule has 11 heteroatoms. The molecule has 2 aromatic rings. The minimum atomic E-state index is -3.76. The van der Waals surface area contributed by atoms with Crippen LogP contribution in [0.2, 0.25) is 5.02 Å². The summed E-state index contributed by atoms with van der Waals surface area (Å²) in [6.45, 7) is 2.76. The van der Waals surface area contributed by atoms with Gasteiger partial charge in [-0.3, -0.25) is 9.59 Å². The van der Waals surface area contributed by atoms with Crippen molar-refractivity contribution in [1.29, 1.82) is 0 Å². The lowest BCUT2D eigenvalue weighted by atomic mass is 10.1. The molecule has 0 aromatic heterocycles. The number of nitrogens with one attached hydrogen (secondary N) is 1. The van der Waals surface area contributed by atoms with Crippen LogP contribution in [0.4, 0.5) is 11.4 Å². The molecule has 0 saturated carbocycles. The lowest BCUT2D eigenvalue weighted by Crippen LogP contribution is -2.42. The van der Waals surface area contributed by atoms with Gasteiger partial charge in [-0.15, -0.1) is 11.8 Å². The Labute approximate surface area is 202 Å². The van der Waals surface area contributed by atoms with Crippen LogP contribution in [0.15, 0.2) is 52.3 Å². The Kier molecular flexibility index (Phi) is 7.30. The lowest BCUT2D eigenvalue weighted by Gasteiger charge is -2.27. The third kappa shape index (κ3) is 5.20. The third-order valence-electron chi connectivity index (χ3n) is 5.46. The van der Waals surface area contributed by atoms with E-state index >= 15 is 0 Å². The topological polar surface area (TPSA) is 96.0 Å². The van der Waals surface area contributed by atoms with Crippen molar-refractivity contribution in [2.24, 2.45) is 5.92 Å². The van der Waals surface area contributed by atoms with Gasteiger partial charge in [0, 0.05) is 29.7 Å². The number of anilines is 2. The minimum absolute atomic E-state index is 0.0858. The van der Waals surface area contributed by atoms with Gasteiger partial charge in [0.15, 0.2) is 0 Å². The number of thioether (sulfide) groups is 1. The first kappa shape index (κ1) is 24.0. The standard InChI is InChI=1S/C22H24ClN3O5S2/c1-15-14-32-20-7-6-16(33(29,30)25-8-10-31-11-9-25)12-19(20)26(22(15)28)13-21(27)24-18-5-3-2-4-17(18)23/h2-7,12,15H,8-11,13-14H2,1H3,(H,24,27)/t15-/m1/s1. The minimum Gasteiger partial charge on any atom is -0.379 e. The van der Waals surface area contributed by atoms with Crippen LogP contribution in [-0.4, -0.2) is 63.1 Å². The maximum Gasteiger partial charge on any atom is 0.244 e. The zero-order valence-corrected chi connectivity index (χ0v) is 20.4. The number of hydrogen-bond donors (Lipinski definition) is 1. The summed E-state index contributed by atoms with van der Waals surface area (Å²) in [5, 5.41) is 3.11. The van der Waals surface area contributed by atoms with Crippen molar-refractivity contribution in [1.82, 2.24) is 4.31 Å². The molecule has 8 nitrogen and oxygen atoms in total. The number of halogens is 1. The molecule has 4 rings (SSSR count). The maximum atomic E-state index is 13.2. The number of fused-ring (bicyclic) bond motifs is 1. The van der Waals surface area contributed by atoms with E-state index in [4.69, 9.17) is 16.3 Å². The number of rotatable bonds is 5. The van der Waals surface area contributed by atoms with Crippen LogP contribution in [0, 0.1) is 5.92 Å². The van der Waals surface area contributed by atoms with Crippen molar-refractivity contribution >= 4 is 56.6 Å². The van der Waals surface area contributed by atoms with Gasteiger partial charge in [0.25, 0.3) is 0 Å². The van der Waals surface area contributed by atoms with Crippen molar-refractivity contribution < 1.29 is 22.7 Å². The number of para-hydroxylation sites is 1. The number of nitrogens with zero attached hydrogens (tertiary/aromatic N) is 2. The first-order valence-electron chi connectivity index (χ1n) is 10.5. The SMILES string of the molecule is C[C@@H]1CSc2ccc(S(=O)(=O)N3CCOCC3)cc2N(CC(=O)Nc2ccccc2Cl)C1=O. The van der Waals surface area contributed by atoms with Gasteiger partial charge in [-0.1, -0.05) is 30.7 Å². The van der Waals surface area contributed by atoms with Crippen LogP contribution < -0.4 is 10.2 Å². The van der Waals surface area contributed by atoms with E-state index in [0.29, 0.717) is 35.4 Å². The molecule has 2 aromatic carbocycles. The fraction of sp³-hybridized carbons (Fsp3) is 0.364. The fourth-order valence-corrected chi connectivity index (χ4v) is 6.32. The molecule has 176 valence electrons. The van der Waals surface area contributed by atoms with E-state index in [9.17, 15) is 18.0 Å². The van der Waals surface area contributed by atoms with Crippen molar-refractivity contribution in [3.8, 4) is 0 Å². The molecule has 0 unspecified atom stereocenters. The van der Waals surface area contributed by atoms with Gasteiger partial charge in [0.05, 0.1) is 34.5 Å². The van der Waals surface area contributed by atoms with Crippen molar-refractivity contribution in [2.75, 3.05) is 48.8 Å². The summed E-state index contributed by atoms with van der Waals surface area (Å²) >= 11 is 7.61. The highest BCUT2D eigenvalue weighted by Gasteiger charge is 2.32. The predicted molar refractivity (Wildman–Crippen MR) is 128 cm³/mol. The molecular formula is C22H24ClN3O5S2. The molecule has 0 spiro atoms. The van der Waals surface area contributed by atoms with E-state index in [1.54, 1.807) is 43.3 Å². The lowest BCUT2D eigenvalue weighted by molar-refractivity contribution is -0.123. The Balaban J connectivity index is 1.66. The highest BCUT2D eigenvalue weighted by atomic mass is 35.5. The van der Waals surface area contributed by atoms with E-state index in [1.807, 2.05) is 0 Å². The van der Waals surface area contributed by atoms with Crippen molar-refractivity contribution in [3.63, 3.8) is 0 Å². The number of hydrogen-bond acceptors (Lipinski definition) is 6. The van der Waals surface area contributed by atoms with Gasteiger partial charge >= 0.3 is 0 Å². The molecule has 1 saturated heterocycles. The summed E-state index contributed by atoms with van der Waals surface area (Å²) in [5.74, 6) is -0.474. The molecule has 2 heterocycles.